The van der Waals surface area contributed by atoms with Crippen molar-refractivity contribution in [1.29, 1.82) is 0 Å². The molecule has 2 fully saturated rings. The van der Waals surface area contributed by atoms with E-state index >= 15 is 0 Å². The maximum absolute atomic E-state index is 12.7. The molecule has 5 nitrogen and oxygen atoms in total. The van der Waals surface area contributed by atoms with Crippen molar-refractivity contribution in [2.24, 2.45) is 5.41 Å². The van der Waals surface area contributed by atoms with Crippen LogP contribution in [0.2, 0.25) is 0 Å². The zero-order chi connectivity index (χ0) is 17.7. The van der Waals surface area contributed by atoms with Crippen molar-refractivity contribution in [3.05, 3.63) is 22.4 Å². The molecule has 0 aliphatic carbocycles. The van der Waals surface area contributed by atoms with E-state index in [4.69, 9.17) is 4.74 Å². The van der Waals surface area contributed by atoms with Gasteiger partial charge in [-0.15, -0.1) is 0 Å². The molecule has 2 aliphatic heterocycles. The fourth-order valence-electron chi connectivity index (χ4n) is 4.11. The summed E-state index contributed by atoms with van der Waals surface area (Å²) in [7, 11) is 1.67. The highest BCUT2D eigenvalue weighted by molar-refractivity contribution is 7.07. The lowest BCUT2D eigenvalue weighted by atomic mass is 9.73. The Morgan fingerprint density at radius 1 is 1.36 bits per heavy atom. The highest BCUT2D eigenvalue weighted by atomic mass is 32.1. The number of methoxy groups -OCH3 is 1. The summed E-state index contributed by atoms with van der Waals surface area (Å²) in [5, 5.41) is 4.18. The number of aryl methyl sites for hydroxylation is 1. The molecule has 6 heteroatoms. The average molecular weight is 365 g/mol. The minimum atomic E-state index is 0.0813. The first-order valence-corrected chi connectivity index (χ1v) is 10.1. The number of nitrogens with zero attached hydrogens (tertiary/aromatic N) is 2. The van der Waals surface area contributed by atoms with E-state index in [1.54, 1.807) is 18.4 Å². The first kappa shape index (κ1) is 18.4. The maximum Gasteiger partial charge on any atom is 0.222 e. The Morgan fingerprint density at radius 3 is 3.00 bits per heavy atom. The molecule has 2 saturated heterocycles. The van der Waals surface area contributed by atoms with Gasteiger partial charge in [-0.05, 0) is 48.1 Å². The second-order valence-corrected chi connectivity index (χ2v) is 8.14. The lowest BCUT2D eigenvalue weighted by Gasteiger charge is -2.48. The van der Waals surface area contributed by atoms with Crippen molar-refractivity contribution >= 4 is 23.2 Å². The zero-order valence-electron chi connectivity index (χ0n) is 15.0. The first-order chi connectivity index (χ1) is 12.1. The Bertz CT molecular complexity index is 589. The van der Waals surface area contributed by atoms with Crippen LogP contribution in [0.25, 0.3) is 0 Å². The van der Waals surface area contributed by atoms with Crippen molar-refractivity contribution < 1.29 is 14.3 Å². The van der Waals surface area contributed by atoms with Crippen LogP contribution >= 0.6 is 11.3 Å². The van der Waals surface area contributed by atoms with E-state index in [1.807, 2.05) is 9.80 Å². The smallest absolute Gasteiger partial charge is 0.222 e. The molecule has 1 aromatic rings. The van der Waals surface area contributed by atoms with Crippen molar-refractivity contribution in [2.75, 3.05) is 39.9 Å². The molecule has 1 aromatic heterocycles. The topological polar surface area (TPSA) is 49.9 Å². The van der Waals surface area contributed by atoms with E-state index in [-0.39, 0.29) is 17.2 Å². The van der Waals surface area contributed by atoms with Crippen LogP contribution in [-0.2, 0) is 20.7 Å². The molecule has 0 unspecified atom stereocenters. The number of hydrogen-bond donors (Lipinski definition) is 0. The zero-order valence-corrected chi connectivity index (χ0v) is 15.9. The molecule has 0 radical (unpaired) electrons. The Kier molecular flexibility index (Phi) is 6.12. The molecule has 25 heavy (non-hydrogen) atoms. The Labute approximate surface area is 153 Å². The monoisotopic (exact) mass is 364 g/mol. The number of piperidine rings is 2. The van der Waals surface area contributed by atoms with Crippen molar-refractivity contribution in [3.8, 4) is 0 Å². The second-order valence-electron chi connectivity index (χ2n) is 7.36. The van der Waals surface area contributed by atoms with Crippen LogP contribution in [0, 0.1) is 5.41 Å². The van der Waals surface area contributed by atoms with Crippen molar-refractivity contribution in [3.63, 3.8) is 0 Å². The number of carbonyl (C=O) groups is 2. The summed E-state index contributed by atoms with van der Waals surface area (Å²) in [6.45, 7) is 3.65. The van der Waals surface area contributed by atoms with Gasteiger partial charge in [-0.25, -0.2) is 0 Å². The lowest BCUT2D eigenvalue weighted by Crippen LogP contribution is -2.55. The third kappa shape index (κ3) is 4.61. The fraction of sp³-hybridized carbons (Fsp3) is 0.684. The van der Waals surface area contributed by atoms with E-state index in [1.165, 1.54) is 5.56 Å². The number of ether oxygens (including phenoxy) is 1. The Morgan fingerprint density at radius 2 is 2.24 bits per heavy atom. The van der Waals surface area contributed by atoms with Gasteiger partial charge in [0.15, 0.2) is 0 Å². The highest BCUT2D eigenvalue weighted by Gasteiger charge is 2.42. The van der Waals surface area contributed by atoms with Gasteiger partial charge in [-0.1, -0.05) is 0 Å². The molecule has 3 rings (SSSR count). The minimum absolute atomic E-state index is 0.0813. The number of rotatable bonds is 6. The van der Waals surface area contributed by atoms with Gasteiger partial charge in [0.05, 0.1) is 6.61 Å². The van der Waals surface area contributed by atoms with Gasteiger partial charge in [0.1, 0.15) is 0 Å². The predicted molar refractivity (Wildman–Crippen MR) is 98.6 cm³/mol. The van der Waals surface area contributed by atoms with Gasteiger partial charge >= 0.3 is 0 Å². The van der Waals surface area contributed by atoms with Crippen LogP contribution in [0.5, 0.6) is 0 Å². The second kappa shape index (κ2) is 8.32. The van der Waals surface area contributed by atoms with Crippen molar-refractivity contribution in [2.45, 2.75) is 38.5 Å². The summed E-state index contributed by atoms with van der Waals surface area (Å²) < 4.78 is 5.14. The standard InChI is InChI=1S/C19H28N2O3S/c1-24-11-10-21-15-19(8-5-18(21)23)7-2-9-20(14-19)17(22)4-3-16-6-12-25-13-16/h6,12-13H,2-5,7-11,14-15H2,1H3/t19-/m0/s1. The molecule has 0 aromatic carbocycles. The average Bonchev–Trinajstić information content (AvgIpc) is 3.14. The van der Waals surface area contributed by atoms with Crippen molar-refractivity contribution in [1.82, 2.24) is 9.80 Å². The molecule has 1 atom stereocenters. The van der Waals surface area contributed by atoms with Gasteiger partial charge in [-0.2, -0.15) is 11.3 Å². The van der Waals surface area contributed by atoms with E-state index in [0.29, 0.717) is 26.0 Å². The van der Waals surface area contributed by atoms with Crippen LogP contribution < -0.4 is 0 Å². The van der Waals surface area contributed by atoms with Gasteiger partial charge in [0.2, 0.25) is 11.8 Å². The quantitative estimate of drug-likeness (QED) is 0.779. The summed E-state index contributed by atoms with van der Waals surface area (Å²) in [4.78, 5) is 28.8. The molecule has 3 heterocycles. The van der Waals surface area contributed by atoms with Crippen LogP contribution in [0.4, 0.5) is 0 Å². The molecule has 2 amide bonds. The van der Waals surface area contributed by atoms with Crippen LogP contribution in [0.15, 0.2) is 16.8 Å². The largest absolute Gasteiger partial charge is 0.383 e. The van der Waals surface area contributed by atoms with E-state index in [9.17, 15) is 9.59 Å². The number of hydrogen-bond acceptors (Lipinski definition) is 4. The molecule has 138 valence electrons. The summed E-state index contributed by atoms with van der Waals surface area (Å²) in [5.74, 6) is 0.481. The molecule has 0 saturated carbocycles. The molecule has 0 N–H and O–H groups in total. The van der Waals surface area contributed by atoms with Gasteiger partial charge in [0.25, 0.3) is 0 Å². The fourth-order valence-corrected chi connectivity index (χ4v) is 4.81. The predicted octanol–water partition coefficient (Wildman–Crippen LogP) is 2.56. The highest BCUT2D eigenvalue weighted by Crippen LogP contribution is 2.39. The van der Waals surface area contributed by atoms with Gasteiger partial charge < -0.3 is 14.5 Å². The molecule has 0 bridgehead atoms. The maximum atomic E-state index is 12.7. The van der Waals surface area contributed by atoms with Gasteiger partial charge in [-0.3, -0.25) is 9.59 Å². The van der Waals surface area contributed by atoms with E-state index in [2.05, 4.69) is 16.8 Å². The van der Waals surface area contributed by atoms with Crippen LogP contribution in [0.1, 0.15) is 37.7 Å². The first-order valence-electron chi connectivity index (χ1n) is 9.17. The normalized spacial score (nSPS) is 24.1. The van der Waals surface area contributed by atoms with E-state index < -0.39 is 0 Å². The third-order valence-electron chi connectivity index (χ3n) is 5.54. The van der Waals surface area contributed by atoms with Crippen LogP contribution in [-0.4, -0.2) is 61.5 Å². The number of amides is 2. The van der Waals surface area contributed by atoms with Gasteiger partial charge in [0, 0.05) is 51.5 Å². The SMILES string of the molecule is COCCN1C[C@@]2(CCCN(C(=O)CCc3ccsc3)C2)CCC1=O. The van der Waals surface area contributed by atoms with Crippen LogP contribution in [0.3, 0.4) is 0 Å². The molecule has 1 spiro atoms. The molecular formula is C19H28N2O3S. The summed E-state index contributed by atoms with van der Waals surface area (Å²) in [5.41, 5.74) is 1.33. The molecule has 2 aliphatic rings. The third-order valence-corrected chi connectivity index (χ3v) is 6.27. The Hall–Kier alpha value is -1.40. The summed E-state index contributed by atoms with van der Waals surface area (Å²) >= 11 is 1.68. The number of likely N-dealkylation sites (tertiary alicyclic amines) is 2. The lowest BCUT2D eigenvalue weighted by molar-refractivity contribution is -0.143. The summed E-state index contributed by atoms with van der Waals surface area (Å²) in [6, 6.07) is 2.09. The minimum Gasteiger partial charge on any atom is -0.383 e. The number of thiophene rings is 1. The van der Waals surface area contributed by atoms with E-state index in [0.717, 1.165) is 45.3 Å². The Balaban J connectivity index is 1.57. The molecular weight excluding hydrogens is 336 g/mol. The number of carbonyl (C=O) groups excluding carboxylic acids is 2. The summed E-state index contributed by atoms with van der Waals surface area (Å²) in [6.07, 6.45) is 5.06.